The highest BCUT2D eigenvalue weighted by Crippen LogP contribution is 2.44. The molecule has 0 saturated heterocycles. The molecule has 0 aromatic carbocycles. The lowest BCUT2D eigenvalue weighted by atomic mass is 9.78. The number of allylic oxidation sites excluding steroid dienone is 2. The van der Waals surface area contributed by atoms with E-state index in [-0.39, 0.29) is 0 Å². The lowest BCUT2D eigenvalue weighted by Crippen LogP contribution is -2.15. The van der Waals surface area contributed by atoms with Gasteiger partial charge in [-0.2, -0.15) is 0 Å². The molecule has 0 N–H and O–H groups in total. The summed E-state index contributed by atoms with van der Waals surface area (Å²) in [6.45, 7) is 0. The van der Waals surface area contributed by atoms with Gasteiger partial charge in [0.05, 0.1) is 0 Å². The van der Waals surface area contributed by atoms with E-state index in [1.165, 1.54) is 44.9 Å². The lowest BCUT2D eigenvalue weighted by molar-refractivity contribution is 0.324. The van der Waals surface area contributed by atoms with Crippen molar-refractivity contribution in [1.82, 2.24) is 0 Å². The minimum Gasteiger partial charge on any atom is -0.0805 e. The van der Waals surface area contributed by atoms with Gasteiger partial charge in [0.15, 0.2) is 0 Å². The lowest BCUT2D eigenvalue weighted by Gasteiger charge is -2.27. The van der Waals surface area contributed by atoms with Crippen LogP contribution in [0.5, 0.6) is 0 Å². The van der Waals surface area contributed by atoms with E-state index in [0.29, 0.717) is 5.41 Å². The Hall–Kier alpha value is -0.260. The monoisotopic (exact) mass is 135 g/mol. The van der Waals surface area contributed by atoms with Gasteiger partial charge in [-0.25, -0.2) is 0 Å². The molecule has 0 heterocycles. The molecule has 0 nitrogen and oxygen atoms in total. The maximum Gasteiger partial charge on any atom is -0.00472 e. The van der Waals surface area contributed by atoms with Gasteiger partial charge in [0.1, 0.15) is 0 Å². The average molecular weight is 135 g/mol. The molecule has 1 fully saturated rings. The molecule has 0 unspecified atom stereocenters. The molecule has 2 aliphatic carbocycles. The Morgan fingerprint density at radius 1 is 1.00 bits per heavy atom. The highest BCUT2D eigenvalue weighted by Gasteiger charge is 2.31. The topological polar surface area (TPSA) is 0 Å². The Bertz CT molecular complexity index is 138. The van der Waals surface area contributed by atoms with E-state index in [4.69, 9.17) is 0 Å². The molecule has 1 radical (unpaired) electrons. The van der Waals surface area contributed by atoms with Crippen LogP contribution in [0.25, 0.3) is 0 Å². The van der Waals surface area contributed by atoms with Crippen LogP contribution in [-0.2, 0) is 0 Å². The van der Waals surface area contributed by atoms with E-state index in [1.54, 1.807) is 0 Å². The molecular formula is C10H15. The summed E-state index contributed by atoms with van der Waals surface area (Å²) < 4.78 is 0. The zero-order valence-corrected chi connectivity index (χ0v) is 6.53. The summed E-state index contributed by atoms with van der Waals surface area (Å²) in [5.74, 6) is 0. The molecule has 55 valence electrons. The molecule has 0 bridgehead atoms. The van der Waals surface area contributed by atoms with Gasteiger partial charge in [-0.15, -0.1) is 0 Å². The van der Waals surface area contributed by atoms with E-state index in [9.17, 15) is 0 Å². The first kappa shape index (κ1) is 6.45. The van der Waals surface area contributed by atoms with E-state index in [0.717, 1.165) is 0 Å². The third-order valence-corrected chi connectivity index (χ3v) is 2.97. The highest BCUT2D eigenvalue weighted by molar-refractivity contribution is 4.99. The average Bonchev–Trinajstić information content (AvgIpc) is 2.39. The van der Waals surface area contributed by atoms with Gasteiger partial charge < -0.3 is 0 Å². The molecule has 1 spiro atoms. The molecule has 2 rings (SSSR count). The van der Waals surface area contributed by atoms with E-state index >= 15 is 0 Å². The van der Waals surface area contributed by atoms with Crippen LogP contribution in [0.1, 0.15) is 44.9 Å². The van der Waals surface area contributed by atoms with Crippen LogP contribution in [-0.4, -0.2) is 0 Å². The summed E-state index contributed by atoms with van der Waals surface area (Å²) in [6, 6.07) is 0. The minimum absolute atomic E-state index is 0.568. The summed E-state index contributed by atoms with van der Waals surface area (Å²) in [5.41, 5.74) is 0.568. The molecule has 0 aliphatic heterocycles. The van der Waals surface area contributed by atoms with Gasteiger partial charge in [-0.3, -0.25) is 0 Å². The number of hydrogen-bond donors (Lipinski definition) is 0. The van der Waals surface area contributed by atoms with Crippen LogP contribution in [0, 0.1) is 11.5 Å². The quantitative estimate of drug-likeness (QED) is 0.479. The summed E-state index contributed by atoms with van der Waals surface area (Å²) in [5, 5.41) is 0. The van der Waals surface area contributed by atoms with Gasteiger partial charge in [0, 0.05) is 0 Å². The zero-order valence-electron chi connectivity index (χ0n) is 6.53. The third kappa shape index (κ3) is 1.00. The van der Waals surface area contributed by atoms with Crippen LogP contribution < -0.4 is 0 Å². The molecule has 0 amide bonds. The SMILES string of the molecule is [C]1=CCCCC12CCCC2. The minimum atomic E-state index is 0.568. The molecule has 0 aromatic rings. The molecule has 0 atom stereocenters. The summed E-state index contributed by atoms with van der Waals surface area (Å²) in [6.07, 6.45) is 15.7. The Balaban J connectivity index is 2.11. The standard InChI is InChI=1S/C10H15/c1-2-6-10(7-3-1)8-4-5-9-10/h2H,1,3-5,7-9H2. The summed E-state index contributed by atoms with van der Waals surface area (Å²) in [7, 11) is 0. The van der Waals surface area contributed by atoms with Gasteiger partial charge in [-0.05, 0) is 43.6 Å². The van der Waals surface area contributed by atoms with Crippen molar-refractivity contribution in [3.63, 3.8) is 0 Å². The number of rotatable bonds is 0. The maximum atomic E-state index is 3.57. The van der Waals surface area contributed by atoms with Gasteiger partial charge in [0.25, 0.3) is 0 Å². The molecule has 2 aliphatic rings. The van der Waals surface area contributed by atoms with Crippen LogP contribution >= 0.6 is 0 Å². The van der Waals surface area contributed by atoms with E-state index < -0.39 is 0 Å². The second kappa shape index (κ2) is 2.41. The second-order valence-corrected chi connectivity index (χ2v) is 3.73. The second-order valence-electron chi connectivity index (χ2n) is 3.73. The smallest absolute Gasteiger partial charge is 0.00472 e. The molecular weight excluding hydrogens is 120 g/mol. The normalized spacial score (nSPS) is 29.6. The highest BCUT2D eigenvalue weighted by atomic mass is 14.4. The van der Waals surface area contributed by atoms with Crippen LogP contribution in [0.2, 0.25) is 0 Å². The molecule has 10 heavy (non-hydrogen) atoms. The molecule has 0 aromatic heterocycles. The first-order valence-corrected chi connectivity index (χ1v) is 4.51. The summed E-state index contributed by atoms with van der Waals surface area (Å²) in [4.78, 5) is 0. The first-order chi connectivity index (χ1) is 4.91. The van der Waals surface area contributed by atoms with Crippen molar-refractivity contribution < 1.29 is 0 Å². The Kier molecular flexibility index (Phi) is 1.55. The van der Waals surface area contributed by atoms with E-state index in [2.05, 4.69) is 12.2 Å². The predicted molar refractivity (Wildman–Crippen MR) is 42.6 cm³/mol. The van der Waals surface area contributed by atoms with Gasteiger partial charge >= 0.3 is 0 Å². The first-order valence-electron chi connectivity index (χ1n) is 4.51. The fourth-order valence-electron chi connectivity index (χ4n) is 2.35. The van der Waals surface area contributed by atoms with Crippen LogP contribution in [0.4, 0.5) is 0 Å². The number of hydrogen-bond acceptors (Lipinski definition) is 0. The van der Waals surface area contributed by atoms with Crippen molar-refractivity contribution in [2.45, 2.75) is 44.9 Å². The third-order valence-electron chi connectivity index (χ3n) is 2.97. The van der Waals surface area contributed by atoms with Crippen molar-refractivity contribution >= 4 is 0 Å². The zero-order chi connectivity index (χ0) is 6.86. The van der Waals surface area contributed by atoms with Crippen LogP contribution in [0.3, 0.4) is 0 Å². The van der Waals surface area contributed by atoms with Crippen LogP contribution in [0.15, 0.2) is 6.08 Å². The van der Waals surface area contributed by atoms with Crippen molar-refractivity contribution in [3.05, 3.63) is 12.2 Å². The predicted octanol–water partition coefficient (Wildman–Crippen LogP) is 3.09. The van der Waals surface area contributed by atoms with Crippen molar-refractivity contribution in [3.8, 4) is 0 Å². The van der Waals surface area contributed by atoms with Gasteiger partial charge in [0.2, 0.25) is 0 Å². The summed E-state index contributed by atoms with van der Waals surface area (Å²) >= 11 is 0. The fourth-order valence-corrected chi connectivity index (χ4v) is 2.35. The van der Waals surface area contributed by atoms with Gasteiger partial charge in [-0.1, -0.05) is 18.9 Å². The molecule has 0 heteroatoms. The molecule has 1 saturated carbocycles. The van der Waals surface area contributed by atoms with Crippen molar-refractivity contribution in [2.24, 2.45) is 5.41 Å². The van der Waals surface area contributed by atoms with E-state index in [1.807, 2.05) is 0 Å². The van der Waals surface area contributed by atoms with Crippen molar-refractivity contribution in [2.75, 3.05) is 0 Å². The Morgan fingerprint density at radius 3 is 2.30 bits per heavy atom. The Labute approximate surface area is 63.3 Å². The van der Waals surface area contributed by atoms with Crippen molar-refractivity contribution in [1.29, 1.82) is 0 Å². The largest absolute Gasteiger partial charge is 0.0805 e. The fraction of sp³-hybridized carbons (Fsp3) is 0.800. The Morgan fingerprint density at radius 2 is 1.70 bits per heavy atom. The maximum absolute atomic E-state index is 3.57.